The van der Waals surface area contributed by atoms with Crippen LogP contribution in [-0.2, 0) is 9.59 Å². The lowest BCUT2D eigenvalue weighted by molar-refractivity contribution is -0.132. The number of amides is 2. The molecule has 2 aromatic rings. The largest absolute Gasteiger partial charge is 0.343 e. The van der Waals surface area contributed by atoms with Crippen molar-refractivity contribution in [1.82, 2.24) is 9.80 Å². The Morgan fingerprint density at radius 3 is 2.38 bits per heavy atom. The number of rotatable bonds is 7. The molecule has 136 valence electrons. The summed E-state index contributed by atoms with van der Waals surface area (Å²) in [4.78, 5) is 29.6. The van der Waals surface area contributed by atoms with Gasteiger partial charge in [-0.3, -0.25) is 9.59 Å². The van der Waals surface area contributed by atoms with Gasteiger partial charge in [-0.05, 0) is 24.1 Å². The van der Waals surface area contributed by atoms with E-state index < -0.39 is 0 Å². The van der Waals surface area contributed by atoms with Gasteiger partial charge in [-0.25, -0.2) is 0 Å². The molecular weight excluding hydrogens is 344 g/mol. The highest BCUT2D eigenvalue weighted by Crippen LogP contribution is 2.36. The van der Waals surface area contributed by atoms with E-state index in [4.69, 9.17) is 0 Å². The van der Waals surface area contributed by atoms with E-state index >= 15 is 0 Å². The van der Waals surface area contributed by atoms with E-state index in [9.17, 15) is 9.59 Å². The third-order valence-corrected chi connectivity index (χ3v) is 5.83. The van der Waals surface area contributed by atoms with Gasteiger partial charge in [-0.1, -0.05) is 48.5 Å². The first-order valence-electron chi connectivity index (χ1n) is 8.94. The van der Waals surface area contributed by atoms with Gasteiger partial charge in [0.15, 0.2) is 0 Å². The molecule has 0 saturated carbocycles. The second-order valence-corrected chi connectivity index (χ2v) is 7.64. The molecule has 1 saturated heterocycles. The Labute approximate surface area is 159 Å². The van der Waals surface area contributed by atoms with E-state index in [-0.39, 0.29) is 17.1 Å². The van der Waals surface area contributed by atoms with Gasteiger partial charge in [0.25, 0.3) is 0 Å². The van der Waals surface area contributed by atoms with Gasteiger partial charge in [0.05, 0.1) is 0 Å². The van der Waals surface area contributed by atoms with E-state index in [2.05, 4.69) is 0 Å². The van der Waals surface area contributed by atoms with Crippen molar-refractivity contribution in [2.45, 2.75) is 23.0 Å². The van der Waals surface area contributed by atoms with Gasteiger partial charge in [0, 0.05) is 38.0 Å². The van der Waals surface area contributed by atoms with E-state index in [0.29, 0.717) is 19.5 Å². The number of benzene rings is 2. The molecular formula is C21H24N2O2S. The molecule has 0 aliphatic carbocycles. The first-order chi connectivity index (χ1) is 12.6. The highest BCUT2D eigenvalue weighted by Gasteiger charge is 2.26. The lowest BCUT2D eigenvalue weighted by Gasteiger charge is -2.26. The Morgan fingerprint density at radius 1 is 1.12 bits per heavy atom. The summed E-state index contributed by atoms with van der Waals surface area (Å²) in [6.45, 7) is 1.98. The normalized spacial score (nSPS) is 15.1. The van der Waals surface area contributed by atoms with Crippen LogP contribution >= 0.6 is 11.8 Å². The molecule has 5 heteroatoms. The van der Waals surface area contributed by atoms with Crippen LogP contribution in [0.3, 0.4) is 0 Å². The summed E-state index contributed by atoms with van der Waals surface area (Å²) in [6, 6.07) is 19.9. The minimum atomic E-state index is -0.294. The monoisotopic (exact) mass is 368 g/mol. The quantitative estimate of drug-likeness (QED) is 0.701. The number of likely N-dealkylation sites (tertiary alicyclic amines) is 1. The Bertz CT molecular complexity index is 736. The van der Waals surface area contributed by atoms with Crippen LogP contribution in [0.1, 0.15) is 23.7 Å². The molecule has 0 N–H and O–H groups in total. The molecule has 3 rings (SSSR count). The standard InChI is InChI=1S/C21H24N2O2S/c1-22(15-16-23-14-8-13-19(23)24)21(25)20(17-9-4-2-5-10-17)26-18-11-6-3-7-12-18/h2-7,9-12,20H,8,13-16H2,1H3. The number of carbonyl (C=O) groups excluding carboxylic acids is 2. The van der Waals surface area contributed by atoms with Crippen LogP contribution in [0.15, 0.2) is 65.6 Å². The molecule has 0 aromatic heterocycles. The van der Waals surface area contributed by atoms with Crippen molar-refractivity contribution >= 4 is 23.6 Å². The summed E-state index contributed by atoms with van der Waals surface area (Å²) in [7, 11) is 1.82. The van der Waals surface area contributed by atoms with Crippen molar-refractivity contribution in [3.05, 3.63) is 66.2 Å². The van der Waals surface area contributed by atoms with Crippen LogP contribution in [-0.4, -0.2) is 48.3 Å². The van der Waals surface area contributed by atoms with Crippen LogP contribution in [0.25, 0.3) is 0 Å². The van der Waals surface area contributed by atoms with Gasteiger partial charge in [-0.15, -0.1) is 11.8 Å². The number of hydrogen-bond donors (Lipinski definition) is 0. The second-order valence-electron chi connectivity index (χ2n) is 6.47. The van der Waals surface area contributed by atoms with Crippen molar-refractivity contribution in [3.63, 3.8) is 0 Å². The van der Waals surface area contributed by atoms with Crippen molar-refractivity contribution < 1.29 is 9.59 Å². The maximum atomic E-state index is 13.1. The molecule has 0 radical (unpaired) electrons. The highest BCUT2D eigenvalue weighted by atomic mass is 32.2. The van der Waals surface area contributed by atoms with E-state index in [1.54, 1.807) is 16.7 Å². The lowest BCUT2D eigenvalue weighted by Crippen LogP contribution is -2.38. The Balaban J connectivity index is 1.70. The minimum Gasteiger partial charge on any atom is -0.343 e. The summed E-state index contributed by atoms with van der Waals surface area (Å²) in [5.41, 5.74) is 0.996. The number of thioether (sulfide) groups is 1. The SMILES string of the molecule is CN(CCN1CCCC1=O)C(=O)C(Sc1ccccc1)c1ccccc1. The molecule has 1 atom stereocenters. The van der Waals surface area contributed by atoms with Crippen molar-refractivity contribution in [3.8, 4) is 0 Å². The average molecular weight is 369 g/mol. The predicted molar refractivity (Wildman–Crippen MR) is 105 cm³/mol. The fourth-order valence-corrected chi connectivity index (χ4v) is 4.21. The first-order valence-corrected chi connectivity index (χ1v) is 9.82. The summed E-state index contributed by atoms with van der Waals surface area (Å²) in [5.74, 6) is 0.265. The van der Waals surface area contributed by atoms with Gasteiger partial charge in [0.1, 0.15) is 5.25 Å². The van der Waals surface area contributed by atoms with Gasteiger partial charge < -0.3 is 9.80 Å². The third kappa shape index (κ3) is 4.67. The topological polar surface area (TPSA) is 40.6 Å². The maximum Gasteiger partial charge on any atom is 0.240 e. The van der Waals surface area contributed by atoms with Crippen LogP contribution < -0.4 is 0 Å². The number of nitrogens with zero attached hydrogens (tertiary/aromatic N) is 2. The Hall–Kier alpha value is -2.27. The molecule has 1 fully saturated rings. The van der Waals surface area contributed by atoms with Gasteiger partial charge in [-0.2, -0.15) is 0 Å². The van der Waals surface area contributed by atoms with E-state index in [1.165, 1.54) is 0 Å². The molecule has 26 heavy (non-hydrogen) atoms. The van der Waals surface area contributed by atoms with Crippen LogP contribution in [0.5, 0.6) is 0 Å². The zero-order chi connectivity index (χ0) is 18.4. The summed E-state index contributed by atoms with van der Waals surface area (Å²) >= 11 is 1.57. The smallest absolute Gasteiger partial charge is 0.240 e. The number of hydrogen-bond acceptors (Lipinski definition) is 3. The Morgan fingerprint density at radius 2 is 1.77 bits per heavy atom. The van der Waals surface area contributed by atoms with Gasteiger partial charge >= 0.3 is 0 Å². The molecule has 4 nitrogen and oxygen atoms in total. The molecule has 1 unspecified atom stereocenters. The molecule has 2 amide bonds. The van der Waals surface area contributed by atoms with Gasteiger partial charge in [0.2, 0.25) is 11.8 Å². The van der Waals surface area contributed by atoms with E-state index in [1.807, 2.05) is 72.6 Å². The summed E-state index contributed by atoms with van der Waals surface area (Å²) < 4.78 is 0. The number of likely N-dealkylation sites (N-methyl/N-ethyl adjacent to an activating group) is 1. The summed E-state index contributed by atoms with van der Waals surface area (Å²) in [6.07, 6.45) is 1.56. The molecule has 0 bridgehead atoms. The van der Waals surface area contributed by atoms with E-state index in [0.717, 1.165) is 23.4 Å². The predicted octanol–water partition coefficient (Wildman–Crippen LogP) is 3.60. The maximum absolute atomic E-state index is 13.1. The first kappa shape index (κ1) is 18.5. The zero-order valence-electron chi connectivity index (χ0n) is 15.0. The molecule has 2 aromatic carbocycles. The highest BCUT2D eigenvalue weighted by molar-refractivity contribution is 8.00. The zero-order valence-corrected chi connectivity index (χ0v) is 15.8. The average Bonchev–Trinajstić information content (AvgIpc) is 3.10. The molecule has 0 spiro atoms. The van der Waals surface area contributed by atoms with Crippen molar-refractivity contribution in [2.75, 3.05) is 26.7 Å². The molecule has 1 aliphatic heterocycles. The van der Waals surface area contributed by atoms with Crippen molar-refractivity contribution in [1.29, 1.82) is 0 Å². The third-order valence-electron chi connectivity index (χ3n) is 4.58. The molecule has 1 aliphatic rings. The second kappa shape index (κ2) is 8.90. The summed E-state index contributed by atoms with van der Waals surface area (Å²) in [5, 5.41) is -0.294. The fraction of sp³-hybridized carbons (Fsp3) is 0.333. The minimum absolute atomic E-state index is 0.0664. The molecule has 1 heterocycles. The Kier molecular flexibility index (Phi) is 6.34. The van der Waals surface area contributed by atoms with Crippen LogP contribution in [0.4, 0.5) is 0 Å². The van der Waals surface area contributed by atoms with Crippen molar-refractivity contribution in [2.24, 2.45) is 0 Å². The van der Waals surface area contributed by atoms with Crippen LogP contribution in [0.2, 0.25) is 0 Å². The number of carbonyl (C=O) groups is 2. The van der Waals surface area contributed by atoms with Crippen LogP contribution in [0, 0.1) is 0 Å². The fourth-order valence-electron chi connectivity index (χ4n) is 3.05. The lowest BCUT2D eigenvalue weighted by atomic mass is 10.1.